The number of hydrogen-bond acceptors (Lipinski definition) is 7. The fourth-order valence-electron chi connectivity index (χ4n) is 2.66. The van der Waals surface area contributed by atoms with Crippen molar-refractivity contribution in [3.63, 3.8) is 0 Å². The lowest BCUT2D eigenvalue weighted by Crippen LogP contribution is -2.46. The van der Waals surface area contributed by atoms with Crippen molar-refractivity contribution in [2.45, 2.75) is 4.21 Å². The Bertz CT molecular complexity index is 1290. The number of H-pyrrole nitrogens is 2. The minimum absolute atomic E-state index is 0.138. The lowest BCUT2D eigenvalue weighted by atomic mass is 10.1. The molecule has 0 saturated carbocycles. The van der Waals surface area contributed by atoms with Gasteiger partial charge in [0.05, 0.1) is 16.9 Å². The van der Waals surface area contributed by atoms with Gasteiger partial charge < -0.3 is 19.6 Å². The molecule has 0 fully saturated rings. The molecule has 3 aromatic rings. The number of carbonyl (C=O) groups excluding carboxylic acids is 1. The maximum absolute atomic E-state index is 12.5. The predicted molar refractivity (Wildman–Crippen MR) is 125 cm³/mol. The Kier molecular flexibility index (Phi) is 7.67. The van der Waals surface area contributed by atoms with E-state index in [1.807, 2.05) is 26.2 Å². The van der Waals surface area contributed by atoms with Crippen molar-refractivity contribution in [3.8, 4) is 0 Å². The Labute approximate surface area is 187 Å². The highest BCUT2D eigenvalue weighted by molar-refractivity contribution is 8.01. The van der Waals surface area contributed by atoms with Crippen LogP contribution in [0.3, 0.4) is 0 Å². The zero-order valence-electron chi connectivity index (χ0n) is 17.4. The van der Waals surface area contributed by atoms with Crippen LogP contribution in [-0.2, 0) is 4.74 Å². The minimum atomic E-state index is -0.439. The van der Waals surface area contributed by atoms with Crippen LogP contribution in [0, 0.1) is 0 Å². The van der Waals surface area contributed by atoms with Crippen LogP contribution in [0.15, 0.2) is 50.2 Å². The fourth-order valence-corrected chi connectivity index (χ4v) is 4.93. The number of methoxy groups -OCH3 is 1. The molecule has 0 spiro atoms. The van der Waals surface area contributed by atoms with Crippen molar-refractivity contribution in [3.05, 3.63) is 83.8 Å². The Morgan fingerprint density at radius 3 is 2.29 bits per heavy atom. The topological polar surface area (TPSA) is 95.3 Å². The number of nitrogens with one attached hydrogen (secondary N) is 2. The zero-order chi connectivity index (χ0) is 22.4. The fraction of sp³-hybridized carbons (Fsp3) is 0.227. The van der Waals surface area contributed by atoms with Gasteiger partial charge in [0.2, 0.25) is 0 Å². The van der Waals surface area contributed by atoms with Crippen LogP contribution in [0.5, 0.6) is 0 Å². The molecule has 162 valence electrons. The SMILES string of the molecule is COC(=O)c1ccc(/C=c2\[nH]c(=O)/c(=C/c3ccc(SCCN(C)C)s3)[nH]c2=O)cc1. The van der Waals surface area contributed by atoms with Crippen LogP contribution >= 0.6 is 23.1 Å². The van der Waals surface area contributed by atoms with E-state index in [1.165, 1.54) is 7.11 Å². The molecular formula is C22H23N3O4S2. The van der Waals surface area contributed by atoms with Crippen molar-refractivity contribution < 1.29 is 9.53 Å². The van der Waals surface area contributed by atoms with E-state index >= 15 is 0 Å². The second-order valence-electron chi connectivity index (χ2n) is 6.95. The van der Waals surface area contributed by atoms with Crippen LogP contribution < -0.4 is 21.8 Å². The molecule has 3 rings (SSSR count). The van der Waals surface area contributed by atoms with Gasteiger partial charge in [-0.05, 0) is 56.1 Å². The monoisotopic (exact) mass is 457 g/mol. The Balaban J connectivity index is 1.84. The molecule has 0 aliphatic heterocycles. The summed E-state index contributed by atoms with van der Waals surface area (Å²) in [7, 11) is 5.39. The van der Waals surface area contributed by atoms with Gasteiger partial charge in [0.25, 0.3) is 11.1 Å². The Morgan fingerprint density at radius 1 is 1.03 bits per heavy atom. The van der Waals surface area contributed by atoms with Gasteiger partial charge >= 0.3 is 5.97 Å². The van der Waals surface area contributed by atoms with Gasteiger partial charge in [0.1, 0.15) is 10.7 Å². The highest BCUT2D eigenvalue weighted by atomic mass is 32.2. The number of thioether (sulfide) groups is 1. The average molecular weight is 458 g/mol. The van der Waals surface area contributed by atoms with E-state index in [0.717, 1.165) is 21.4 Å². The molecule has 0 bridgehead atoms. The molecule has 0 aliphatic carbocycles. The summed E-state index contributed by atoms with van der Waals surface area (Å²) in [5, 5.41) is 0.342. The standard InChI is InChI=1S/C22H23N3O4S2/c1-25(2)10-11-30-19-9-8-16(31-19)13-18-21(27)23-17(20(26)24-18)12-14-4-6-15(7-5-14)22(28)29-3/h4-9,12-13H,10-11H2,1-3H3,(H,23,27)(H,24,26)/b17-12-,18-13-. The molecule has 7 nitrogen and oxygen atoms in total. The first kappa shape index (κ1) is 22.8. The molecule has 9 heteroatoms. The van der Waals surface area contributed by atoms with Crippen molar-refractivity contribution in [2.75, 3.05) is 33.5 Å². The van der Waals surface area contributed by atoms with E-state index in [1.54, 1.807) is 59.5 Å². The predicted octanol–water partition coefficient (Wildman–Crippen LogP) is 1.22. The van der Waals surface area contributed by atoms with Crippen LogP contribution in [0.2, 0.25) is 0 Å². The molecule has 0 aliphatic rings. The summed E-state index contributed by atoms with van der Waals surface area (Å²) in [5.41, 5.74) is 0.289. The molecule has 0 amide bonds. The molecule has 0 unspecified atom stereocenters. The molecule has 1 aromatic carbocycles. The first-order chi connectivity index (χ1) is 14.9. The summed E-state index contributed by atoms with van der Waals surface area (Å²) >= 11 is 3.34. The second kappa shape index (κ2) is 10.4. The highest BCUT2D eigenvalue weighted by Crippen LogP contribution is 2.27. The summed E-state index contributed by atoms with van der Waals surface area (Å²) < 4.78 is 5.82. The van der Waals surface area contributed by atoms with Gasteiger partial charge in [-0.3, -0.25) is 9.59 Å². The normalized spacial score (nSPS) is 12.5. The summed E-state index contributed by atoms with van der Waals surface area (Å²) in [6.07, 6.45) is 3.23. The third-order valence-corrected chi connectivity index (χ3v) is 6.54. The smallest absolute Gasteiger partial charge is 0.337 e. The number of esters is 1. The molecule has 2 heterocycles. The molecule has 0 radical (unpaired) electrons. The van der Waals surface area contributed by atoms with E-state index in [0.29, 0.717) is 11.1 Å². The number of aromatic nitrogens is 2. The van der Waals surface area contributed by atoms with Gasteiger partial charge in [-0.1, -0.05) is 12.1 Å². The van der Waals surface area contributed by atoms with E-state index in [2.05, 4.69) is 19.6 Å². The summed E-state index contributed by atoms with van der Waals surface area (Å²) in [6.45, 7) is 0.984. The first-order valence-corrected chi connectivity index (χ1v) is 11.3. The molecule has 0 atom stereocenters. The van der Waals surface area contributed by atoms with E-state index in [-0.39, 0.29) is 16.3 Å². The number of ether oxygens (including phenoxy) is 1. The van der Waals surface area contributed by atoms with Gasteiger partial charge in [-0.2, -0.15) is 0 Å². The number of hydrogen-bond donors (Lipinski definition) is 2. The third-order valence-electron chi connectivity index (χ3n) is 4.30. The van der Waals surface area contributed by atoms with Crippen LogP contribution in [0.4, 0.5) is 0 Å². The van der Waals surface area contributed by atoms with E-state index in [4.69, 9.17) is 0 Å². The molecule has 2 N–H and O–H groups in total. The average Bonchev–Trinajstić information content (AvgIpc) is 3.18. The molecule has 0 saturated heterocycles. The number of thiophene rings is 1. The van der Waals surface area contributed by atoms with Gasteiger partial charge in [-0.15, -0.1) is 23.1 Å². The van der Waals surface area contributed by atoms with Crippen LogP contribution in [0.1, 0.15) is 20.8 Å². The Morgan fingerprint density at radius 2 is 1.68 bits per heavy atom. The molecule has 31 heavy (non-hydrogen) atoms. The van der Waals surface area contributed by atoms with Crippen LogP contribution in [-0.4, -0.2) is 54.3 Å². The number of aromatic amines is 2. The highest BCUT2D eigenvalue weighted by Gasteiger charge is 2.04. The van der Waals surface area contributed by atoms with Gasteiger partial charge in [0, 0.05) is 17.2 Å². The van der Waals surface area contributed by atoms with Crippen LogP contribution in [0.25, 0.3) is 12.2 Å². The number of benzene rings is 1. The summed E-state index contributed by atoms with van der Waals surface area (Å²) in [5.74, 6) is 0.542. The molecule has 2 aromatic heterocycles. The van der Waals surface area contributed by atoms with Crippen molar-refractivity contribution >= 4 is 41.2 Å². The van der Waals surface area contributed by atoms with Gasteiger partial charge in [-0.25, -0.2) is 4.79 Å². The second-order valence-corrected chi connectivity index (χ2v) is 9.46. The summed E-state index contributed by atoms with van der Waals surface area (Å²) in [6, 6.07) is 10.5. The van der Waals surface area contributed by atoms with E-state index < -0.39 is 11.5 Å². The maximum Gasteiger partial charge on any atom is 0.337 e. The van der Waals surface area contributed by atoms with Crippen molar-refractivity contribution in [1.82, 2.24) is 14.9 Å². The lowest BCUT2D eigenvalue weighted by molar-refractivity contribution is 0.0600. The summed E-state index contributed by atoms with van der Waals surface area (Å²) in [4.78, 5) is 44.8. The molecular weight excluding hydrogens is 434 g/mol. The number of nitrogens with zero attached hydrogens (tertiary/aromatic N) is 1. The Hall–Kier alpha value is -2.88. The third kappa shape index (κ3) is 6.30. The van der Waals surface area contributed by atoms with Gasteiger partial charge in [0.15, 0.2) is 0 Å². The largest absolute Gasteiger partial charge is 0.465 e. The first-order valence-electron chi connectivity index (χ1n) is 9.47. The van der Waals surface area contributed by atoms with Crippen molar-refractivity contribution in [1.29, 1.82) is 0 Å². The lowest BCUT2D eigenvalue weighted by Gasteiger charge is -2.07. The quantitative estimate of drug-likeness (QED) is 0.409. The number of rotatable bonds is 7. The van der Waals surface area contributed by atoms with Crippen molar-refractivity contribution in [2.24, 2.45) is 0 Å². The number of carbonyl (C=O) groups is 1. The maximum atomic E-state index is 12.5. The minimum Gasteiger partial charge on any atom is -0.465 e. The zero-order valence-corrected chi connectivity index (χ0v) is 19.1. The van der Waals surface area contributed by atoms with E-state index in [9.17, 15) is 14.4 Å².